The fraction of sp³-hybridized carbons (Fsp3) is 0.0577. The summed E-state index contributed by atoms with van der Waals surface area (Å²) < 4.78 is 19.4. The van der Waals surface area contributed by atoms with Crippen LogP contribution in [-0.4, -0.2) is 38.9 Å². The number of rotatable bonds is 7. The van der Waals surface area contributed by atoms with Gasteiger partial charge in [0.1, 0.15) is 11.6 Å². The van der Waals surface area contributed by atoms with Gasteiger partial charge in [-0.25, -0.2) is 15.0 Å². The fourth-order valence-electron chi connectivity index (χ4n) is 8.98. The zero-order chi connectivity index (χ0) is 40.7. The van der Waals surface area contributed by atoms with E-state index in [1.165, 1.54) is 0 Å². The number of pyridine rings is 2. The van der Waals surface area contributed by atoms with Crippen LogP contribution >= 0.6 is 0 Å². The van der Waals surface area contributed by atoms with Gasteiger partial charge in [0.2, 0.25) is 0 Å². The predicted octanol–water partition coefficient (Wildman–Crippen LogP) is 11.2. The van der Waals surface area contributed by atoms with E-state index < -0.39 is 0 Å². The van der Waals surface area contributed by atoms with E-state index in [0.717, 1.165) is 108 Å². The normalized spacial score (nSPS) is 12.2. The average Bonchev–Trinajstić information content (AvgIpc) is 4.08. The van der Waals surface area contributed by atoms with Crippen molar-refractivity contribution < 1.29 is 51.6 Å². The number of ether oxygens (including phenoxy) is 2. The molecule has 6 aromatic heterocycles. The molecule has 64 heavy (non-hydrogen) atoms. The van der Waals surface area contributed by atoms with Gasteiger partial charge in [0.05, 0.1) is 11.4 Å². The number of aromatic nitrogens is 8. The average molecular weight is 1190 g/mol. The maximum atomic E-state index is 6.58. The molecule has 13 rings (SSSR count). The molecular weight excluding hydrogens is 1160 g/mol. The number of fused-ring (bicyclic) bond motifs is 10. The van der Waals surface area contributed by atoms with Gasteiger partial charge in [0.15, 0.2) is 0 Å². The molecule has 12 heteroatoms. The Morgan fingerprint density at radius 1 is 0.406 bits per heavy atom. The summed E-state index contributed by atoms with van der Waals surface area (Å²) in [7, 11) is 0. The monoisotopic (exact) mass is 1190 g/mol. The summed E-state index contributed by atoms with van der Waals surface area (Å²) in [5.41, 5.74) is 7.17. The van der Waals surface area contributed by atoms with E-state index in [1.807, 2.05) is 102 Å². The van der Waals surface area contributed by atoms with Crippen molar-refractivity contribution in [2.75, 3.05) is 0 Å². The van der Waals surface area contributed by atoms with Crippen LogP contribution in [0.15, 0.2) is 146 Å². The number of aryl methyl sites for hydroxylation is 2. The minimum absolute atomic E-state index is 0. The van der Waals surface area contributed by atoms with Crippen molar-refractivity contribution in [2.45, 2.75) is 19.3 Å². The number of para-hydroxylation sites is 2. The van der Waals surface area contributed by atoms with Crippen LogP contribution in [0.1, 0.15) is 17.8 Å². The van der Waals surface area contributed by atoms with Gasteiger partial charge in [-0.1, -0.05) is 70.6 Å². The molecule has 0 saturated heterocycles. The van der Waals surface area contributed by atoms with Crippen LogP contribution < -0.4 is 9.47 Å². The Balaban J connectivity index is 0.00000228. The zero-order valence-electron chi connectivity index (χ0n) is 33.5. The molecular formula is C52H30N8O2Pt2. The summed E-state index contributed by atoms with van der Waals surface area (Å²) in [6.45, 7) is 0. The smallest absolute Gasteiger partial charge is 0.509 e. The van der Waals surface area contributed by atoms with E-state index >= 15 is 0 Å². The van der Waals surface area contributed by atoms with E-state index in [4.69, 9.17) is 14.5 Å². The van der Waals surface area contributed by atoms with E-state index in [0.29, 0.717) is 28.9 Å². The van der Waals surface area contributed by atoms with Crippen LogP contribution in [0.3, 0.4) is 0 Å². The number of benzene rings is 6. The van der Waals surface area contributed by atoms with Gasteiger partial charge >= 0.3 is 42.1 Å². The molecule has 0 spiro atoms. The van der Waals surface area contributed by atoms with Crippen molar-refractivity contribution in [1.82, 2.24) is 38.9 Å². The van der Waals surface area contributed by atoms with Crippen LogP contribution in [0.2, 0.25) is 0 Å². The van der Waals surface area contributed by atoms with Crippen LogP contribution in [0.5, 0.6) is 23.0 Å². The molecule has 0 radical (unpaired) electrons. The Morgan fingerprint density at radius 2 is 0.828 bits per heavy atom. The van der Waals surface area contributed by atoms with Gasteiger partial charge in [0, 0.05) is 46.4 Å². The van der Waals surface area contributed by atoms with Gasteiger partial charge in [-0.05, 0) is 66.4 Å². The standard InChI is InChI=1S/C52H30N8O2.2Pt/c1-3-14-44-36(10-1)38-22-18-32(28-46(38)58(44)50-16-5-7-26-53-50)61-34-20-24-40-41-25-21-35(31-49(41)60(48(40)30-34)52-55-42-12-9-13-43(42)56-57-52)62-33-19-23-39-37-11-2-4-15-45(37)59(47(39)29-33)51-17-6-8-27-54-51;;/h1-8,10-11,14-27H,9,12-13H2;;/q-4;2*+2. The molecule has 6 heterocycles. The molecule has 0 aliphatic heterocycles. The minimum Gasteiger partial charge on any atom is -0.509 e. The molecule has 1 aliphatic carbocycles. The third kappa shape index (κ3) is 6.43. The molecule has 0 saturated carbocycles. The number of hydrogen-bond acceptors (Lipinski definition) is 7. The summed E-state index contributed by atoms with van der Waals surface area (Å²) in [5, 5.41) is 15.5. The van der Waals surface area contributed by atoms with Crippen molar-refractivity contribution in [3.05, 3.63) is 182 Å². The Morgan fingerprint density at radius 3 is 1.30 bits per heavy atom. The molecule has 0 N–H and O–H groups in total. The van der Waals surface area contributed by atoms with Crippen molar-refractivity contribution in [3.8, 4) is 40.6 Å². The molecule has 1 aliphatic rings. The SMILES string of the molecule is [Pt+2].[Pt+2].[c-]1c(Oc2[c-]c3c(cc2)c2ccccc2n3-c2ccccn2)ccc2c3ccc(Oc4[c-]c5c(cc4)c4ccccc4n5-c4ccccn4)[c-]c3n(-c3nnc4c(n3)CCC4)c12. The number of nitrogens with zero attached hydrogens (tertiary/aromatic N) is 8. The summed E-state index contributed by atoms with van der Waals surface area (Å²) >= 11 is 0. The Kier molecular flexibility index (Phi) is 9.94. The van der Waals surface area contributed by atoms with Crippen molar-refractivity contribution in [3.63, 3.8) is 0 Å². The van der Waals surface area contributed by atoms with Crippen LogP contribution in [0, 0.1) is 24.3 Å². The summed E-state index contributed by atoms with van der Waals surface area (Å²) in [4.78, 5) is 14.4. The zero-order valence-corrected chi connectivity index (χ0v) is 38.0. The molecule has 10 nitrogen and oxygen atoms in total. The molecule has 6 aromatic carbocycles. The topological polar surface area (TPSA) is 97.7 Å². The van der Waals surface area contributed by atoms with Gasteiger partial charge in [-0.15, -0.1) is 69.5 Å². The summed E-state index contributed by atoms with van der Waals surface area (Å²) in [6.07, 6.45) is 6.33. The van der Waals surface area contributed by atoms with Gasteiger partial charge < -0.3 is 23.2 Å². The molecule has 0 amide bonds. The first-order valence-corrected chi connectivity index (χ1v) is 20.5. The van der Waals surface area contributed by atoms with Crippen molar-refractivity contribution in [1.29, 1.82) is 0 Å². The second kappa shape index (κ2) is 16.0. The van der Waals surface area contributed by atoms with Gasteiger partial charge in [-0.3, -0.25) is 0 Å². The van der Waals surface area contributed by atoms with E-state index in [2.05, 4.69) is 90.0 Å². The molecule has 0 bridgehead atoms. The van der Waals surface area contributed by atoms with E-state index in [9.17, 15) is 0 Å². The fourth-order valence-corrected chi connectivity index (χ4v) is 8.98. The second-order valence-corrected chi connectivity index (χ2v) is 15.3. The van der Waals surface area contributed by atoms with Gasteiger partial charge in [-0.2, -0.15) is 35.0 Å². The Labute approximate surface area is 394 Å². The molecule has 0 atom stereocenters. The first-order valence-electron chi connectivity index (χ1n) is 20.5. The van der Waals surface area contributed by atoms with Crippen molar-refractivity contribution >= 4 is 65.4 Å². The summed E-state index contributed by atoms with van der Waals surface area (Å²) in [5.74, 6) is 4.15. The molecule has 310 valence electrons. The Hall–Kier alpha value is -6.99. The second-order valence-electron chi connectivity index (χ2n) is 15.3. The quantitative estimate of drug-likeness (QED) is 0.147. The first-order chi connectivity index (χ1) is 30.7. The minimum atomic E-state index is 0. The largest absolute Gasteiger partial charge is 2.00 e. The van der Waals surface area contributed by atoms with Crippen LogP contribution in [-0.2, 0) is 55.0 Å². The van der Waals surface area contributed by atoms with Crippen LogP contribution in [0.4, 0.5) is 0 Å². The first kappa shape index (κ1) is 39.8. The third-order valence-electron chi connectivity index (χ3n) is 11.7. The molecule has 12 aromatic rings. The molecule has 0 fully saturated rings. The maximum Gasteiger partial charge on any atom is 2.00 e. The third-order valence-corrected chi connectivity index (χ3v) is 11.7. The van der Waals surface area contributed by atoms with E-state index in [-0.39, 0.29) is 42.1 Å². The molecule has 0 unspecified atom stereocenters. The Bertz CT molecular complexity index is 3540. The predicted molar refractivity (Wildman–Crippen MR) is 239 cm³/mol. The van der Waals surface area contributed by atoms with Gasteiger partial charge in [0.25, 0.3) is 5.95 Å². The van der Waals surface area contributed by atoms with Crippen LogP contribution in [0.25, 0.3) is 83.0 Å². The maximum absolute atomic E-state index is 6.58. The van der Waals surface area contributed by atoms with E-state index in [1.54, 1.807) is 12.4 Å². The summed E-state index contributed by atoms with van der Waals surface area (Å²) in [6, 6.07) is 58.6. The number of hydrogen-bond donors (Lipinski definition) is 0. The van der Waals surface area contributed by atoms with Crippen molar-refractivity contribution in [2.24, 2.45) is 0 Å².